The standard InChI is InChI=1S/C28H28N4O3/c1-4-11-35-21-9-5-8-20(14-21)27-24-25(23-18(3)12-17(2)13-22(23)33)30-31-26(24)28(34)32(27)16-19-7-6-10-29-15-19/h5-10,12-15,27,33H,4,11,16H2,1-3H3,(H,30,31). The molecule has 2 aromatic heterocycles. The smallest absolute Gasteiger partial charge is 0.273 e. The van der Waals surface area contributed by atoms with E-state index in [0.717, 1.165) is 40.0 Å². The van der Waals surface area contributed by atoms with Gasteiger partial charge in [-0.3, -0.25) is 14.9 Å². The van der Waals surface area contributed by atoms with Crippen LogP contribution in [-0.2, 0) is 6.54 Å². The lowest BCUT2D eigenvalue weighted by atomic mass is 9.93. The van der Waals surface area contributed by atoms with Crippen LogP contribution in [0.3, 0.4) is 0 Å². The number of carbonyl (C=O) groups is 1. The number of benzene rings is 2. The Hall–Kier alpha value is -4.13. The molecule has 7 nitrogen and oxygen atoms in total. The van der Waals surface area contributed by atoms with Crippen molar-refractivity contribution in [3.8, 4) is 22.8 Å². The quantitative estimate of drug-likeness (QED) is 0.383. The molecule has 178 valence electrons. The van der Waals surface area contributed by atoms with Crippen LogP contribution in [-0.4, -0.2) is 37.7 Å². The van der Waals surface area contributed by atoms with Crippen molar-refractivity contribution < 1.29 is 14.6 Å². The molecule has 2 N–H and O–H groups in total. The van der Waals surface area contributed by atoms with Gasteiger partial charge < -0.3 is 14.7 Å². The molecule has 7 heteroatoms. The maximum Gasteiger partial charge on any atom is 0.273 e. The number of fused-ring (bicyclic) bond motifs is 1. The summed E-state index contributed by atoms with van der Waals surface area (Å²) in [6.45, 7) is 6.95. The number of nitrogens with zero attached hydrogens (tertiary/aromatic N) is 3. The maximum atomic E-state index is 13.7. The number of aryl methyl sites for hydroxylation is 2. The average Bonchev–Trinajstić information content (AvgIpc) is 3.37. The van der Waals surface area contributed by atoms with E-state index in [1.54, 1.807) is 18.5 Å². The number of phenolic OH excluding ortho intramolecular Hbond substituents is 1. The Morgan fingerprint density at radius 1 is 1.14 bits per heavy atom. The second-order valence-corrected chi connectivity index (χ2v) is 8.95. The zero-order valence-corrected chi connectivity index (χ0v) is 20.1. The number of hydrogen-bond acceptors (Lipinski definition) is 5. The molecule has 1 atom stereocenters. The van der Waals surface area contributed by atoms with Gasteiger partial charge in [0, 0.05) is 30.1 Å². The minimum atomic E-state index is -0.406. The van der Waals surface area contributed by atoms with Crippen molar-refractivity contribution in [1.82, 2.24) is 20.1 Å². The van der Waals surface area contributed by atoms with E-state index >= 15 is 0 Å². The summed E-state index contributed by atoms with van der Waals surface area (Å²) < 4.78 is 5.89. The molecule has 1 aliphatic heterocycles. The largest absolute Gasteiger partial charge is 0.507 e. The number of phenols is 1. The maximum absolute atomic E-state index is 13.7. The Kier molecular flexibility index (Phi) is 5.99. The number of aromatic amines is 1. The second-order valence-electron chi connectivity index (χ2n) is 8.95. The van der Waals surface area contributed by atoms with Gasteiger partial charge >= 0.3 is 0 Å². The Morgan fingerprint density at radius 3 is 2.74 bits per heavy atom. The number of pyridine rings is 1. The fourth-order valence-corrected chi connectivity index (χ4v) is 4.83. The molecule has 3 heterocycles. The highest BCUT2D eigenvalue weighted by atomic mass is 16.5. The summed E-state index contributed by atoms with van der Waals surface area (Å²) in [6, 6.07) is 15.0. The molecular weight excluding hydrogens is 440 g/mol. The van der Waals surface area contributed by atoms with E-state index < -0.39 is 6.04 Å². The number of aromatic nitrogens is 3. The monoisotopic (exact) mass is 468 g/mol. The fourth-order valence-electron chi connectivity index (χ4n) is 4.83. The first-order chi connectivity index (χ1) is 17.0. The number of ether oxygens (including phenoxy) is 1. The van der Waals surface area contributed by atoms with Gasteiger partial charge in [-0.25, -0.2) is 0 Å². The number of carbonyl (C=O) groups excluding carboxylic acids is 1. The highest BCUT2D eigenvalue weighted by Crippen LogP contribution is 2.46. The minimum absolute atomic E-state index is 0.142. The number of amides is 1. The third-order valence-corrected chi connectivity index (χ3v) is 6.28. The molecule has 0 spiro atoms. The van der Waals surface area contributed by atoms with Gasteiger partial charge in [-0.05, 0) is 66.8 Å². The molecule has 1 unspecified atom stereocenters. The first kappa shape index (κ1) is 22.7. The van der Waals surface area contributed by atoms with Crippen molar-refractivity contribution in [1.29, 1.82) is 0 Å². The topological polar surface area (TPSA) is 91.3 Å². The van der Waals surface area contributed by atoms with Gasteiger partial charge in [0.05, 0.1) is 12.6 Å². The number of nitrogens with one attached hydrogen (secondary N) is 1. The van der Waals surface area contributed by atoms with Gasteiger partial charge in [0.1, 0.15) is 22.9 Å². The van der Waals surface area contributed by atoms with E-state index in [2.05, 4.69) is 22.1 Å². The molecule has 4 aromatic rings. The fraction of sp³-hybridized carbons (Fsp3) is 0.250. The minimum Gasteiger partial charge on any atom is -0.507 e. The van der Waals surface area contributed by atoms with Gasteiger partial charge in [0.2, 0.25) is 0 Å². The second kappa shape index (κ2) is 9.25. The Balaban J connectivity index is 1.67. The average molecular weight is 469 g/mol. The lowest BCUT2D eigenvalue weighted by Gasteiger charge is -2.27. The lowest BCUT2D eigenvalue weighted by Crippen LogP contribution is -2.29. The van der Waals surface area contributed by atoms with Crippen LogP contribution < -0.4 is 4.74 Å². The number of rotatable bonds is 7. The van der Waals surface area contributed by atoms with Gasteiger partial charge in [-0.2, -0.15) is 5.10 Å². The van der Waals surface area contributed by atoms with Gasteiger partial charge in [-0.15, -0.1) is 0 Å². The van der Waals surface area contributed by atoms with Crippen molar-refractivity contribution in [3.05, 3.63) is 94.4 Å². The van der Waals surface area contributed by atoms with Gasteiger partial charge in [0.25, 0.3) is 5.91 Å². The van der Waals surface area contributed by atoms with Crippen LogP contribution in [0.4, 0.5) is 0 Å². The molecule has 2 aromatic carbocycles. The van der Waals surface area contributed by atoms with Crippen molar-refractivity contribution in [2.24, 2.45) is 0 Å². The molecule has 0 fully saturated rings. The van der Waals surface area contributed by atoms with E-state index in [4.69, 9.17) is 4.74 Å². The first-order valence-corrected chi connectivity index (χ1v) is 11.8. The van der Waals surface area contributed by atoms with Crippen molar-refractivity contribution in [3.63, 3.8) is 0 Å². The predicted octanol–water partition coefficient (Wildman–Crippen LogP) is 5.33. The van der Waals surface area contributed by atoms with Crippen LogP contribution in [0.2, 0.25) is 0 Å². The van der Waals surface area contributed by atoms with Crippen LogP contribution in [0.15, 0.2) is 60.9 Å². The molecule has 1 aliphatic rings. The third-order valence-electron chi connectivity index (χ3n) is 6.28. The van der Waals surface area contributed by atoms with Crippen LogP contribution in [0.1, 0.15) is 57.7 Å². The van der Waals surface area contributed by atoms with E-state index in [-0.39, 0.29) is 11.7 Å². The molecule has 5 rings (SSSR count). The normalized spacial score (nSPS) is 14.9. The summed E-state index contributed by atoms with van der Waals surface area (Å²) in [5, 5.41) is 18.4. The SMILES string of the molecule is CCCOc1cccc(C2c3c(-c4c(C)cc(C)cc4O)n[nH]c3C(=O)N2Cc2cccnc2)c1. The summed E-state index contributed by atoms with van der Waals surface area (Å²) in [4.78, 5) is 19.7. The molecular formula is C28H28N4O3. The number of aromatic hydroxyl groups is 1. The number of hydrogen-bond donors (Lipinski definition) is 2. The van der Waals surface area contributed by atoms with E-state index in [1.165, 1.54) is 0 Å². The highest BCUT2D eigenvalue weighted by molar-refractivity contribution is 6.00. The van der Waals surface area contributed by atoms with Crippen molar-refractivity contribution >= 4 is 5.91 Å². The van der Waals surface area contributed by atoms with Crippen molar-refractivity contribution in [2.75, 3.05) is 6.61 Å². The molecule has 0 bridgehead atoms. The number of H-pyrrole nitrogens is 1. The summed E-state index contributed by atoms with van der Waals surface area (Å²) in [6.07, 6.45) is 4.39. The molecule has 0 saturated heterocycles. The third kappa shape index (κ3) is 4.14. The van der Waals surface area contributed by atoms with E-state index in [1.807, 2.05) is 61.2 Å². The van der Waals surface area contributed by atoms with Crippen LogP contribution in [0.5, 0.6) is 11.5 Å². The Labute approximate surface area is 204 Å². The summed E-state index contributed by atoms with van der Waals surface area (Å²) in [7, 11) is 0. The molecule has 0 saturated carbocycles. The van der Waals surface area contributed by atoms with Crippen LogP contribution in [0, 0.1) is 13.8 Å². The summed E-state index contributed by atoms with van der Waals surface area (Å²) >= 11 is 0. The zero-order valence-electron chi connectivity index (χ0n) is 20.1. The van der Waals surface area contributed by atoms with E-state index in [0.29, 0.717) is 30.1 Å². The Bertz CT molecular complexity index is 1360. The zero-order chi connectivity index (χ0) is 24.5. The molecule has 1 amide bonds. The molecule has 0 aliphatic carbocycles. The van der Waals surface area contributed by atoms with E-state index in [9.17, 15) is 9.90 Å². The van der Waals surface area contributed by atoms with Crippen molar-refractivity contribution in [2.45, 2.75) is 39.8 Å². The van der Waals surface area contributed by atoms with Crippen LogP contribution >= 0.6 is 0 Å². The van der Waals surface area contributed by atoms with Gasteiger partial charge in [0.15, 0.2) is 0 Å². The summed E-state index contributed by atoms with van der Waals surface area (Å²) in [5.41, 5.74) is 6.12. The first-order valence-electron chi connectivity index (χ1n) is 11.8. The lowest BCUT2D eigenvalue weighted by molar-refractivity contribution is 0.0729. The Morgan fingerprint density at radius 2 is 2.00 bits per heavy atom. The van der Waals surface area contributed by atoms with Gasteiger partial charge in [-0.1, -0.05) is 31.2 Å². The summed E-state index contributed by atoms with van der Waals surface area (Å²) in [5.74, 6) is 0.761. The molecule has 35 heavy (non-hydrogen) atoms. The highest BCUT2D eigenvalue weighted by Gasteiger charge is 2.43. The molecule has 0 radical (unpaired) electrons. The van der Waals surface area contributed by atoms with Crippen LogP contribution in [0.25, 0.3) is 11.3 Å². The predicted molar refractivity (Wildman–Crippen MR) is 133 cm³/mol.